The molecule has 0 spiro atoms. The number of tetrazole rings is 1. The van der Waals surface area contributed by atoms with E-state index in [1.165, 1.54) is 32.1 Å². The van der Waals surface area contributed by atoms with E-state index in [1.54, 1.807) is 11.8 Å². The molecular formula is C13H26N6S. The number of hydrogen-bond acceptors (Lipinski definition) is 6. The van der Waals surface area contributed by atoms with E-state index in [0.717, 1.165) is 30.5 Å². The molecule has 20 heavy (non-hydrogen) atoms. The SMILES string of the molecule is CN(C)CCCNCCSc1nnnn1C1CCCC1. The van der Waals surface area contributed by atoms with Gasteiger partial charge in [-0.05, 0) is 56.9 Å². The lowest BCUT2D eigenvalue weighted by Crippen LogP contribution is -2.23. The Labute approximate surface area is 125 Å². The van der Waals surface area contributed by atoms with Gasteiger partial charge in [-0.15, -0.1) is 5.10 Å². The Bertz CT molecular complexity index is 375. The summed E-state index contributed by atoms with van der Waals surface area (Å²) in [5.74, 6) is 1.02. The lowest BCUT2D eigenvalue weighted by molar-refractivity contribution is 0.395. The molecule has 1 aliphatic carbocycles. The number of thioether (sulfide) groups is 1. The van der Waals surface area contributed by atoms with Gasteiger partial charge in [-0.25, -0.2) is 4.68 Å². The fourth-order valence-corrected chi connectivity index (χ4v) is 3.36. The average molecular weight is 298 g/mol. The minimum absolute atomic E-state index is 0.528. The summed E-state index contributed by atoms with van der Waals surface area (Å²) in [4.78, 5) is 2.21. The van der Waals surface area contributed by atoms with E-state index in [1.807, 2.05) is 4.68 Å². The Morgan fingerprint density at radius 1 is 1.30 bits per heavy atom. The Hall–Kier alpha value is -0.660. The molecule has 0 unspecified atom stereocenters. The van der Waals surface area contributed by atoms with Crippen LogP contribution < -0.4 is 5.32 Å². The Kier molecular flexibility index (Phi) is 6.75. The minimum atomic E-state index is 0.528. The molecule has 0 saturated heterocycles. The summed E-state index contributed by atoms with van der Waals surface area (Å²) < 4.78 is 2.03. The van der Waals surface area contributed by atoms with Gasteiger partial charge in [-0.3, -0.25) is 0 Å². The third-order valence-electron chi connectivity index (χ3n) is 3.60. The van der Waals surface area contributed by atoms with Gasteiger partial charge in [-0.2, -0.15) is 0 Å². The van der Waals surface area contributed by atoms with Crippen molar-refractivity contribution in [2.24, 2.45) is 0 Å². The van der Waals surface area contributed by atoms with Crippen molar-refractivity contribution in [3.8, 4) is 0 Å². The summed E-state index contributed by atoms with van der Waals surface area (Å²) in [5, 5.41) is 16.6. The highest BCUT2D eigenvalue weighted by Gasteiger charge is 2.21. The standard InChI is InChI=1S/C13H26N6S/c1-18(2)10-5-8-14-9-11-20-13-15-16-17-19(13)12-6-3-4-7-12/h12,14H,3-11H2,1-2H3. The molecule has 1 fully saturated rings. The largest absolute Gasteiger partial charge is 0.316 e. The molecular weight excluding hydrogens is 272 g/mol. The van der Waals surface area contributed by atoms with Gasteiger partial charge in [-0.1, -0.05) is 24.6 Å². The maximum absolute atomic E-state index is 4.15. The molecule has 0 aliphatic heterocycles. The molecule has 0 atom stereocenters. The number of aromatic nitrogens is 4. The fraction of sp³-hybridized carbons (Fsp3) is 0.923. The van der Waals surface area contributed by atoms with Crippen LogP contribution in [0.5, 0.6) is 0 Å². The second-order valence-corrected chi connectivity index (χ2v) is 6.66. The van der Waals surface area contributed by atoms with Gasteiger partial charge < -0.3 is 10.2 Å². The molecule has 0 amide bonds. The zero-order valence-electron chi connectivity index (χ0n) is 12.6. The lowest BCUT2D eigenvalue weighted by atomic mass is 10.3. The van der Waals surface area contributed by atoms with Crippen LogP contribution >= 0.6 is 11.8 Å². The molecule has 7 heteroatoms. The highest BCUT2D eigenvalue weighted by Crippen LogP contribution is 2.31. The topological polar surface area (TPSA) is 58.9 Å². The van der Waals surface area contributed by atoms with Crippen LogP contribution in [0.15, 0.2) is 5.16 Å². The summed E-state index contributed by atoms with van der Waals surface area (Å²) in [6.45, 7) is 3.22. The average Bonchev–Trinajstić information content (AvgIpc) is 3.07. The van der Waals surface area contributed by atoms with E-state index >= 15 is 0 Å². The third kappa shape index (κ3) is 5.03. The Morgan fingerprint density at radius 2 is 2.10 bits per heavy atom. The zero-order chi connectivity index (χ0) is 14.2. The van der Waals surface area contributed by atoms with Gasteiger partial charge in [0.05, 0.1) is 6.04 Å². The van der Waals surface area contributed by atoms with Crippen molar-refractivity contribution in [1.82, 2.24) is 30.4 Å². The van der Waals surface area contributed by atoms with Gasteiger partial charge in [0, 0.05) is 12.3 Å². The highest BCUT2D eigenvalue weighted by molar-refractivity contribution is 7.99. The van der Waals surface area contributed by atoms with Gasteiger partial charge in [0.2, 0.25) is 5.16 Å². The molecule has 1 aromatic rings. The van der Waals surface area contributed by atoms with E-state index in [0.29, 0.717) is 6.04 Å². The monoisotopic (exact) mass is 298 g/mol. The number of rotatable bonds is 9. The molecule has 1 saturated carbocycles. The fourth-order valence-electron chi connectivity index (χ4n) is 2.52. The molecule has 1 N–H and O–H groups in total. The second-order valence-electron chi connectivity index (χ2n) is 5.60. The predicted molar refractivity (Wildman–Crippen MR) is 82.1 cm³/mol. The first-order valence-corrected chi connectivity index (χ1v) is 8.52. The molecule has 0 bridgehead atoms. The van der Waals surface area contributed by atoms with E-state index < -0.39 is 0 Å². The highest BCUT2D eigenvalue weighted by atomic mass is 32.2. The number of nitrogens with one attached hydrogen (secondary N) is 1. The zero-order valence-corrected chi connectivity index (χ0v) is 13.4. The Morgan fingerprint density at radius 3 is 2.85 bits per heavy atom. The van der Waals surface area contributed by atoms with Crippen molar-refractivity contribution in [3.05, 3.63) is 0 Å². The molecule has 1 aromatic heterocycles. The van der Waals surface area contributed by atoms with Crippen LogP contribution in [0.2, 0.25) is 0 Å². The van der Waals surface area contributed by atoms with Crippen LogP contribution in [0.1, 0.15) is 38.1 Å². The summed E-state index contributed by atoms with van der Waals surface area (Å²) in [6, 6.07) is 0.528. The van der Waals surface area contributed by atoms with E-state index in [-0.39, 0.29) is 0 Å². The van der Waals surface area contributed by atoms with Crippen LogP contribution in [-0.4, -0.2) is 64.6 Å². The molecule has 1 aliphatic rings. The number of hydrogen-bond donors (Lipinski definition) is 1. The van der Waals surface area contributed by atoms with Crippen molar-refractivity contribution < 1.29 is 0 Å². The smallest absolute Gasteiger partial charge is 0.209 e. The minimum Gasteiger partial charge on any atom is -0.316 e. The third-order valence-corrected chi connectivity index (χ3v) is 4.54. The predicted octanol–water partition coefficient (Wildman–Crippen LogP) is 1.42. The van der Waals surface area contributed by atoms with Gasteiger partial charge in [0.25, 0.3) is 0 Å². The molecule has 114 valence electrons. The number of nitrogens with zero attached hydrogens (tertiary/aromatic N) is 5. The normalized spacial score (nSPS) is 16.4. The lowest BCUT2D eigenvalue weighted by Gasteiger charge is -2.11. The van der Waals surface area contributed by atoms with Crippen molar-refractivity contribution >= 4 is 11.8 Å². The van der Waals surface area contributed by atoms with E-state index in [9.17, 15) is 0 Å². The van der Waals surface area contributed by atoms with Crippen molar-refractivity contribution in [3.63, 3.8) is 0 Å². The summed E-state index contributed by atoms with van der Waals surface area (Å²) in [7, 11) is 4.22. The van der Waals surface area contributed by atoms with Crippen LogP contribution in [0.25, 0.3) is 0 Å². The Balaban J connectivity index is 1.61. The van der Waals surface area contributed by atoms with E-state index in [4.69, 9.17) is 0 Å². The van der Waals surface area contributed by atoms with Crippen LogP contribution in [-0.2, 0) is 0 Å². The summed E-state index contributed by atoms with van der Waals surface area (Å²) in [5.41, 5.74) is 0. The molecule has 0 radical (unpaired) electrons. The quantitative estimate of drug-likeness (QED) is 0.550. The molecule has 6 nitrogen and oxygen atoms in total. The molecule has 0 aromatic carbocycles. The van der Waals surface area contributed by atoms with Crippen LogP contribution in [0.4, 0.5) is 0 Å². The van der Waals surface area contributed by atoms with Gasteiger partial charge in [0.1, 0.15) is 0 Å². The first kappa shape index (κ1) is 15.7. The first-order chi connectivity index (χ1) is 9.77. The summed E-state index contributed by atoms with van der Waals surface area (Å²) >= 11 is 1.76. The van der Waals surface area contributed by atoms with Crippen molar-refractivity contribution in [1.29, 1.82) is 0 Å². The van der Waals surface area contributed by atoms with Gasteiger partial charge in [0.15, 0.2) is 0 Å². The molecule has 1 heterocycles. The maximum atomic E-state index is 4.15. The van der Waals surface area contributed by atoms with Crippen LogP contribution in [0, 0.1) is 0 Å². The maximum Gasteiger partial charge on any atom is 0.209 e. The van der Waals surface area contributed by atoms with E-state index in [2.05, 4.69) is 39.8 Å². The first-order valence-electron chi connectivity index (χ1n) is 7.53. The van der Waals surface area contributed by atoms with Crippen LogP contribution in [0.3, 0.4) is 0 Å². The van der Waals surface area contributed by atoms with Crippen molar-refractivity contribution in [2.75, 3.05) is 39.5 Å². The van der Waals surface area contributed by atoms with Crippen molar-refractivity contribution in [2.45, 2.75) is 43.3 Å². The summed E-state index contributed by atoms with van der Waals surface area (Å²) in [6.07, 6.45) is 6.25. The van der Waals surface area contributed by atoms with Gasteiger partial charge >= 0.3 is 0 Å². The molecule has 2 rings (SSSR count). The second kappa shape index (κ2) is 8.59.